The lowest BCUT2D eigenvalue weighted by Crippen LogP contribution is -2.33. The van der Waals surface area contributed by atoms with Gasteiger partial charge in [-0.25, -0.2) is 0 Å². The summed E-state index contributed by atoms with van der Waals surface area (Å²) in [6.45, 7) is 1.59. The van der Waals surface area contributed by atoms with E-state index in [1.54, 1.807) is 6.20 Å². The van der Waals surface area contributed by atoms with Gasteiger partial charge in [0.1, 0.15) is 0 Å². The van der Waals surface area contributed by atoms with Crippen LogP contribution in [0.5, 0.6) is 0 Å². The summed E-state index contributed by atoms with van der Waals surface area (Å²) < 4.78 is 37.2. The molecule has 1 aliphatic rings. The Morgan fingerprint density at radius 2 is 2.04 bits per heavy atom. The predicted molar refractivity (Wildman–Crippen MR) is 86.3 cm³/mol. The molecule has 24 heavy (non-hydrogen) atoms. The van der Waals surface area contributed by atoms with Gasteiger partial charge >= 0.3 is 6.18 Å². The van der Waals surface area contributed by atoms with Gasteiger partial charge in [0.25, 0.3) is 0 Å². The van der Waals surface area contributed by atoms with E-state index in [0.717, 1.165) is 23.2 Å². The van der Waals surface area contributed by atoms with Crippen molar-refractivity contribution in [1.29, 1.82) is 0 Å². The first kappa shape index (κ1) is 17.0. The lowest BCUT2D eigenvalue weighted by atomic mass is 10.1. The lowest BCUT2D eigenvalue weighted by molar-refractivity contribution is -0.143. The first-order valence-electron chi connectivity index (χ1n) is 8.09. The van der Waals surface area contributed by atoms with Gasteiger partial charge in [-0.15, -0.1) is 0 Å². The van der Waals surface area contributed by atoms with Gasteiger partial charge in [0.05, 0.1) is 18.4 Å². The summed E-state index contributed by atoms with van der Waals surface area (Å²) in [5, 5.41) is 10.5. The Balaban J connectivity index is 1.48. The van der Waals surface area contributed by atoms with E-state index in [-0.39, 0.29) is 5.92 Å². The molecule has 2 aromatic rings. The number of H-pyrrole nitrogens is 1. The Labute approximate surface area is 139 Å². The van der Waals surface area contributed by atoms with Gasteiger partial charge < -0.3 is 5.32 Å². The second-order valence-corrected chi connectivity index (χ2v) is 6.27. The SMILES string of the molecule is FC(F)(F)CN1CC[C@H](CNCc2cn[nH]c2-c2ccccc2)C1. The quantitative estimate of drug-likeness (QED) is 0.851. The summed E-state index contributed by atoms with van der Waals surface area (Å²) in [6, 6.07) is 9.94. The maximum absolute atomic E-state index is 12.4. The smallest absolute Gasteiger partial charge is 0.312 e. The van der Waals surface area contributed by atoms with E-state index >= 15 is 0 Å². The van der Waals surface area contributed by atoms with Gasteiger partial charge in [0, 0.05) is 18.7 Å². The molecular weight excluding hydrogens is 317 g/mol. The van der Waals surface area contributed by atoms with Crippen LogP contribution in [0.3, 0.4) is 0 Å². The Hall–Kier alpha value is -1.86. The van der Waals surface area contributed by atoms with Crippen molar-refractivity contribution in [2.24, 2.45) is 5.92 Å². The number of hydrogen-bond acceptors (Lipinski definition) is 3. The zero-order chi connectivity index (χ0) is 17.0. The molecule has 0 amide bonds. The van der Waals surface area contributed by atoms with Crippen LogP contribution in [0.4, 0.5) is 13.2 Å². The molecule has 7 heteroatoms. The molecule has 130 valence electrons. The second kappa shape index (κ2) is 7.36. The number of nitrogens with one attached hydrogen (secondary N) is 2. The third kappa shape index (κ3) is 4.58. The first-order valence-corrected chi connectivity index (χ1v) is 8.09. The van der Waals surface area contributed by atoms with Crippen LogP contribution < -0.4 is 5.32 Å². The molecule has 2 N–H and O–H groups in total. The minimum atomic E-state index is -4.11. The third-order valence-corrected chi connectivity index (χ3v) is 4.30. The molecular formula is C17H21F3N4. The van der Waals surface area contributed by atoms with Crippen LogP contribution in [0, 0.1) is 5.92 Å². The molecule has 0 radical (unpaired) electrons. The summed E-state index contributed by atoms with van der Waals surface area (Å²) in [4.78, 5) is 1.49. The van der Waals surface area contributed by atoms with Crippen LogP contribution in [-0.2, 0) is 6.54 Å². The Morgan fingerprint density at radius 3 is 2.79 bits per heavy atom. The highest BCUT2D eigenvalue weighted by atomic mass is 19.4. The van der Waals surface area contributed by atoms with Gasteiger partial charge in [-0.1, -0.05) is 30.3 Å². The summed E-state index contributed by atoms with van der Waals surface area (Å²) in [7, 11) is 0. The van der Waals surface area contributed by atoms with E-state index in [9.17, 15) is 13.2 Å². The second-order valence-electron chi connectivity index (χ2n) is 6.27. The van der Waals surface area contributed by atoms with E-state index in [1.165, 1.54) is 4.90 Å². The number of likely N-dealkylation sites (tertiary alicyclic amines) is 1. The highest BCUT2D eigenvalue weighted by molar-refractivity contribution is 5.62. The normalized spacial score (nSPS) is 19.0. The van der Waals surface area contributed by atoms with Crippen LogP contribution in [-0.4, -0.2) is 47.5 Å². The standard InChI is InChI=1S/C17H21F3N4/c18-17(19,20)12-24-7-6-13(11-24)8-21-9-15-10-22-23-16(15)14-4-2-1-3-5-14/h1-5,10,13,21H,6-9,11-12H2,(H,22,23)/t13-/m1/s1. The lowest BCUT2D eigenvalue weighted by Gasteiger charge is -2.18. The number of nitrogens with zero attached hydrogens (tertiary/aromatic N) is 2. The number of hydrogen-bond donors (Lipinski definition) is 2. The maximum atomic E-state index is 12.4. The minimum Gasteiger partial charge on any atom is -0.312 e. The molecule has 1 aliphatic heterocycles. The van der Waals surface area contributed by atoms with Crippen molar-refractivity contribution in [3.8, 4) is 11.3 Å². The largest absolute Gasteiger partial charge is 0.401 e. The van der Waals surface area contributed by atoms with Crippen LogP contribution in [0.2, 0.25) is 0 Å². The van der Waals surface area contributed by atoms with Gasteiger partial charge in [0.15, 0.2) is 0 Å². The van der Waals surface area contributed by atoms with E-state index < -0.39 is 12.7 Å². The van der Waals surface area contributed by atoms with Crippen LogP contribution in [0.15, 0.2) is 36.5 Å². The molecule has 0 spiro atoms. The fraction of sp³-hybridized carbons (Fsp3) is 0.471. The van der Waals surface area contributed by atoms with Crippen molar-refractivity contribution in [1.82, 2.24) is 20.4 Å². The average Bonchev–Trinajstić information content (AvgIpc) is 3.16. The van der Waals surface area contributed by atoms with Crippen molar-refractivity contribution < 1.29 is 13.2 Å². The van der Waals surface area contributed by atoms with Gasteiger partial charge in [-0.2, -0.15) is 18.3 Å². The molecule has 1 fully saturated rings. The number of rotatable bonds is 6. The average molecular weight is 338 g/mol. The third-order valence-electron chi connectivity index (χ3n) is 4.30. The van der Waals surface area contributed by atoms with Crippen molar-refractivity contribution in [3.05, 3.63) is 42.1 Å². The summed E-state index contributed by atoms with van der Waals surface area (Å²) in [5.74, 6) is 0.263. The number of alkyl halides is 3. The topological polar surface area (TPSA) is 44.0 Å². The fourth-order valence-electron chi connectivity index (χ4n) is 3.19. The van der Waals surface area contributed by atoms with Crippen LogP contribution >= 0.6 is 0 Å². The Bertz CT molecular complexity index is 639. The molecule has 0 saturated carbocycles. The van der Waals surface area contributed by atoms with E-state index in [4.69, 9.17) is 0 Å². The van der Waals surface area contributed by atoms with Crippen molar-refractivity contribution in [2.45, 2.75) is 19.1 Å². The molecule has 4 nitrogen and oxygen atoms in total. The minimum absolute atomic E-state index is 0.263. The van der Waals surface area contributed by atoms with Crippen molar-refractivity contribution >= 4 is 0 Å². The Morgan fingerprint density at radius 1 is 1.25 bits per heavy atom. The van der Waals surface area contributed by atoms with E-state index in [1.807, 2.05) is 30.3 Å². The predicted octanol–water partition coefficient (Wildman–Crippen LogP) is 3.05. The summed E-state index contributed by atoms with van der Waals surface area (Å²) in [5.41, 5.74) is 3.11. The molecule has 0 aliphatic carbocycles. The summed E-state index contributed by atoms with van der Waals surface area (Å²) >= 11 is 0. The van der Waals surface area contributed by atoms with Crippen molar-refractivity contribution in [3.63, 3.8) is 0 Å². The number of aromatic nitrogens is 2. The summed E-state index contributed by atoms with van der Waals surface area (Å²) in [6.07, 6.45) is -1.51. The van der Waals surface area contributed by atoms with E-state index in [2.05, 4.69) is 15.5 Å². The van der Waals surface area contributed by atoms with E-state index in [0.29, 0.717) is 26.2 Å². The highest BCUT2D eigenvalue weighted by Crippen LogP contribution is 2.23. The molecule has 1 atom stereocenters. The molecule has 0 bridgehead atoms. The van der Waals surface area contributed by atoms with Crippen LogP contribution in [0.25, 0.3) is 11.3 Å². The van der Waals surface area contributed by atoms with Gasteiger partial charge in [0.2, 0.25) is 0 Å². The van der Waals surface area contributed by atoms with Crippen LogP contribution in [0.1, 0.15) is 12.0 Å². The molecule has 3 rings (SSSR count). The first-order chi connectivity index (χ1) is 11.5. The monoisotopic (exact) mass is 338 g/mol. The molecule has 1 aromatic carbocycles. The zero-order valence-corrected chi connectivity index (χ0v) is 13.3. The highest BCUT2D eigenvalue weighted by Gasteiger charge is 2.34. The Kier molecular flexibility index (Phi) is 5.20. The maximum Gasteiger partial charge on any atom is 0.401 e. The zero-order valence-electron chi connectivity index (χ0n) is 13.3. The molecule has 1 saturated heterocycles. The molecule has 0 unspecified atom stereocenters. The number of halogens is 3. The number of benzene rings is 1. The van der Waals surface area contributed by atoms with Gasteiger partial charge in [-0.3, -0.25) is 10.00 Å². The molecule has 2 heterocycles. The van der Waals surface area contributed by atoms with Crippen molar-refractivity contribution in [2.75, 3.05) is 26.2 Å². The number of aromatic amines is 1. The fourth-order valence-corrected chi connectivity index (χ4v) is 3.19. The molecule has 1 aromatic heterocycles. The van der Waals surface area contributed by atoms with Gasteiger partial charge in [-0.05, 0) is 31.0 Å².